The van der Waals surface area contributed by atoms with E-state index in [1.54, 1.807) is 0 Å². The normalized spacial score (nSPS) is 19.9. The van der Waals surface area contributed by atoms with Crippen molar-refractivity contribution in [1.29, 1.82) is 0 Å². The Morgan fingerprint density at radius 1 is 1.31 bits per heavy atom. The second-order valence-electron chi connectivity index (χ2n) is 4.98. The van der Waals surface area contributed by atoms with E-state index in [1.807, 2.05) is 6.08 Å². The first-order chi connectivity index (χ1) is 7.71. The summed E-state index contributed by atoms with van der Waals surface area (Å²) >= 11 is 0. The van der Waals surface area contributed by atoms with Crippen LogP contribution in [-0.4, -0.2) is 29.6 Å². The van der Waals surface area contributed by atoms with Crippen LogP contribution in [0.15, 0.2) is 12.7 Å². The van der Waals surface area contributed by atoms with Gasteiger partial charge in [0.2, 0.25) is 0 Å². The van der Waals surface area contributed by atoms with Gasteiger partial charge in [-0.25, -0.2) is 0 Å². The Hall–Kier alpha value is -0.340. The number of hydrogen-bond donors (Lipinski definition) is 1. The Morgan fingerprint density at radius 3 is 2.31 bits per heavy atom. The molecule has 0 aromatic heterocycles. The lowest BCUT2D eigenvalue weighted by atomic mass is 9.81. The topological polar surface area (TPSA) is 29.3 Å². The standard InChI is InChI=1S/C14H28N2/c1-4-7-10-13(15)14(5-2,6-3)16-11-8-9-12-16/h4,13H,1,5-12,15H2,2-3H3. The molecule has 94 valence electrons. The molecule has 0 radical (unpaired) electrons. The molecule has 0 spiro atoms. The van der Waals surface area contributed by atoms with Crippen molar-refractivity contribution in [2.24, 2.45) is 5.73 Å². The Bertz CT molecular complexity index is 203. The number of hydrogen-bond acceptors (Lipinski definition) is 2. The van der Waals surface area contributed by atoms with Gasteiger partial charge in [0.25, 0.3) is 0 Å². The van der Waals surface area contributed by atoms with E-state index in [-0.39, 0.29) is 5.54 Å². The van der Waals surface area contributed by atoms with E-state index in [2.05, 4.69) is 25.3 Å². The molecule has 1 saturated heterocycles. The van der Waals surface area contributed by atoms with E-state index in [9.17, 15) is 0 Å². The van der Waals surface area contributed by atoms with Crippen LogP contribution in [0.1, 0.15) is 52.4 Å². The highest BCUT2D eigenvalue weighted by atomic mass is 15.2. The van der Waals surface area contributed by atoms with Crippen molar-refractivity contribution in [3.8, 4) is 0 Å². The Labute approximate surface area is 101 Å². The highest BCUT2D eigenvalue weighted by Gasteiger charge is 2.39. The van der Waals surface area contributed by atoms with Gasteiger partial charge in [0.1, 0.15) is 0 Å². The number of allylic oxidation sites excluding steroid dienone is 1. The van der Waals surface area contributed by atoms with Crippen molar-refractivity contribution < 1.29 is 0 Å². The van der Waals surface area contributed by atoms with Crippen molar-refractivity contribution in [2.75, 3.05) is 13.1 Å². The van der Waals surface area contributed by atoms with E-state index < -0.39 is 0 Å². The molecule has 1 fully saturated rings. The molecule has 1 heterocycles. The lowest BCUT2D eigenvalue weighted by molar-refractivity contribution is 0.0740. The lowest BCUT2D eigenvalue weighted by Gasteiger charge is -2.45. The maximum absolute atomic E-state index is 6.45. The fourth-order valence-electron chi connectivity index (χ4n) is 3.18. The van der Waals surface area contributed by atoms with Crippen LogP contribution < -0.4 is 5.73 Å². The molecule has 16 heavy (non-hydrogen) atoms. The molecule has 1 aliphatic heterocycles. The molecule has 0 aliphatic carbocycles. The van der Waals surface area contributed by atoms with Gasteiger partial charge in [0.15, 0.2) is 0 Å². The van der Waals surface area contributed by atoms with Crippen LogP contribution in [0.5, 0.6) is 0 Å². The molecule has 1 atom stereocenters. The smallest absolute Gasteiger partial charge is 0.0355 e. The molecule has 0 bridgehead atoms. The van der Waals surface area contributed by atoms with Gasteiger partial charge in [0, 0.05) is 11.6 Å². The molecule has 0 aromatic rings. The third-order valence-electron chi connectivity index (χ3n) is 4.33. The minimum Gasteiger partial charge on any atom is -0.326 e. The van der Waals surface area contributed by atoms with Gasteiger partial charge in [-0.05, 0) is 51.6 Å². The first kappa shape index (κ1) is 13.7. The maximum atomic E-state index is 6.45. The van der Waals surface area contributed by atoms with E-state index >= 15 is 0 Å². The average molecular weight is 224 g/mol. The van der Waals surface area contributed by atoms with Crippen LogP contribution in [0.3, 0.4) is 0 Å². The summed E-state index contributed by atoms with van der Waals surface area (Å²) in [6.07, 6.45) is 9.12. The van der Waals surface area contributed by atoms with E-state index in [4.69, 9.17) is 5.73 Å². The number of rotatable bonds is 7. The highest BCUT2D eigenvalue weighted by Crippen LogP contribution is 2.32. The van der Waals surface area contributed by atoms with Crippen molar-refractivity contribution in [3.63, 3.8) is 0 Å². The Balaban J connectivity index is 2.72. The van der Waals surface area contributed by atoms with Gasteiger partial charge in [-0.2, -0.15) is 0 Å². The summed E-state index contributed by atoms with van der Waals surface area (Å²) in [6, 6.07) is 0.290. The fourth-order valence-corrected chi connectivity index (χ4v) is 3.18. The SMILES string of the molecule is C=CCCC(N)C(CC)(CC)N1CCCC1. The van der Waals surface area contributed by atoms with Gasteiger partial charge < -0.3 is 5.73 Å². The largest absolute Gasteiger partial charge is 0.326 e. The lowest BCUT2D eigenvalue weighted by Crippen LogP contribution is -2.58. The van der Waals surface area contributed by atoms with E-state index in [1.165, 1.54) is 38.8 Å². The quantitative estimate of drug-likeness (QED) is 0.674. The molecular formula is C14H28N2. The fraction of sp³-hybridized carbons (Fsp3) is 0.857. The predicted molar refractivity (Wildman–Crippen MR) is 71.5 cm³/mol. The maximum Gasteiger partial charge on any atom is 0.0355 e. The molecule has 0 amide bonds. The summed E-state index contributed by atoms with van der Waals surface area (Å²) < 4.78 is 0. The first-order valence-corrected chi connectivity index (χ1v) is 6.82. The minimum atomic E-state index is 0.236. The summed E-state index contributed by atoms with van der Waals surface area (Å²) in [5.41, 5.74) is 6.69. The van der Waals surface area contributed by atoms with Crippen molar-refractivity contribution >= 4 is 0 Å². The average Bonchev–Trinajstić information content (AvgIpc) is 2.83. The predicted octanol–water partition coefficient (Wildman–Crippen LogP) is 2.93. The molecular weight excluding hydrogens is 196 g/mol. The minimum absolute atomic E-state index is 0.236. The summed E-state index contributed by atoms with van der Waals surface area (Å²) in [7, 11) is 0. The number of nitrogens with zero attached hydrogens (tertiary/aromatic N) is 1. The summed E-state index contributed by atoms with van der Waals surface area (Å²) in [5, 5.41) is 0. The molecule has 1 unspecified atom stereocenters. The molecule has 1 rings (SSSR count). The summed E-state index contributed by atoms with van der Waals surface area (Å²) in [5.74, 6) is 0. The number of nitrogens with two attached hydrogens (primary N) is 1. The van der Waals surface area contributed by atoms with Crippen LogP contribution in [0.2, 0.25) is 0 Å². The Kier molecular flexibility index (Phi) is 5.50. The van der Waals surface area contributed by atoms with Gasteiger partial charge in [-0.3, -0.25) is 4.90 Å². The van der Waals surface area contributed by atoms with Crippen LogP contribution in [0.25, 0.3) is 0 Å². The van der Waals surface area contributed by atoms with Crippen molar-refractivity contribution in [3.05, 3.63) is 12.7 Å². The zero-order valence-electron chi connectivity index (χ0n) is 11.0. The van der Waals surface area contributed by atoms with Gasteiger partial charge in [-0.15, -0.1) is 6.58 Å². The zero-order chi connectivity index (χ0) is 12.0. The molecule has 2 N–H and O–H groups in total. The number of likely N-dealkylation sites (tertiary alicyclic amines) is 1. The van der Waals surface area contributed by atoms with Gasteiger partial charge in [-0.1, -0.05) is 19.9 Å². The van der Waals surface area contributed by atoms with Gasteiger partial charge in [0.05, 0.1) is 0 Å². The second kappa shape index (κ2) is 6.41. The molecule has 0 saturated carbocycles. The van der Waals surface area contributed by atoms with E-state index in [0.29, 0.717) is 6.04 Å². The summed E-state index contributed by atoms with van der Waals surface area (Å²) in [4.78, 5) is 2.64. The summed E-state index contributed by atoms with van der Waals surface area (Å²) in [6.45, 7) is 10.8. The van der Waals surface area contributed by atoms with Crippen molar-refractivity contribution in [1.82, 2.24) is 4.90 Å². The van der Waals surface area contributed by atoms with Gasteiger partial charge >= 0.3 is 0 Å². The van der Waals surface area contributed by atoms with Crippen LogP contribution in [0, 0.1) is 0 Å². The monoisotopic (exact) mass is 224 g/mol. The molecule has 2 nitrogen and oxygen atoms in total. The van der Waals surface area contributed by atoms with Crippen LogP contribution >= 0.6 is 0 Å². The van der Waals surface area contributed by atoms with Crippen LogP contribution in [-0.2, 0) is 0 Å². The molecule has 2 heteroatoms. The van der Waals surface area contributed by atoms with E-state index in [0.717, 1.165) is 12.8 Å². The van der Waals surface area contributed by atoms with Crippen LogP contribution in [0.4, 0.5) is 0 Å². The zero-order valence-corrected chi connectivity index (χ0v) is 11.0. The Morgan fingerprint density at radius 2 is 1.88 bits per heavy atom. The second-order valence-corrected chi connectivity index (χ2v) is 4.98. The molecule has 0 aromatic carbocycles. The highest BCUT2D eigenvalue weighted by molar-refractivity contribution is 4.99. The third-order valence-corrected chi connectivity index (χ3v) is 4.33. The molecule has 1 aliphatic rings. The first-order valence-electron chi connectivity index (χ1n) is 6.82. The third kappa shape index (κ3) is 2.67. The van der Waals surface area contributed by atoms with Crippen molar-refractivity contribution in [2.45, 2.75) is 64.0 Å².